The zero-order valence-electron chi connectivity index (χ0n) is 11.9. The maximum Gasteiger partial charge on any atom is 0.248 e. The summed E-state index contributed by atoms with van der Waals surface area (Å²) < 4.78 is 0. The average Bonchev–Trinajstić information content (AvgIpc) is 3.11. The first kappa shape index (κ1) is 13.4. The van der Waals surface area contributed by atoms with E-state index in [9.17, 15) is 9.59 Å². The van der Waals surface area contributed by atoms with Gasteiger partial charge < -0.3 is 10.2 Å². The summed E-state index contributed by atoms with van der Waals surface area (Å²) in [6.07, 6.45) is 3.44. The van der Waals surface area contributed by atoms with Crippen molar-refractivity contribution in [2.45, 2.75) is 64.5 Å². The van der Waals surface area contributed by atoms with E-state index in [1.165, 1.54) is 12.8 Å². The van der Waals surface area contributed by atoms with Gasteiger partial charge in [-0.2, -0.15) is 0 Å². The SMILES string of the molecule is CCC1(C)NC(=O)CCN(C(C)(C)C2CC2)C1=O. The molecule has 0 aromatic carbocycles. The Kier molecular flexibility index (Phi) is 3.16. The fraction of sp³-hybridized carbons (Fsp3) is 0.857. The van der Waals surface area contributed by atoms with Gasteiger partial charge in [-0.25, -0.2) is 0 Å². The van der Waals surface area contributed by atoms with Crippen LogP contribution in [0.1, 0.15) is 53.4 Å². The van der Waals surface area contributed by atoms with Crippen molar-refractivity contribution < 1.29 is 9.59 Å². The Bertz CT molecular complexity index is 374. The molecule has 1 aliphatic carbocycles. The molecule has 0 aromatic heterocycles. The number of amides is 2. The van der Waals surface area contributed by atoms with Gasteiger partial charge in [0.25, 0.3) is 0 Å². The molecule has 0 aromatic rings. The molecular formula is C14H24N2O2. The molecule has 1 heterocycles. The minimum absolute atomic E-state index is 0.0122. The molecule has 2 aliphatic rings. The van der Waals surface area contributed by atoms with E-state index in [-0.39, 0.29) is 17.4 Å². The lowest BCUT2D eigenvalue weighted by atomic mass is 9.91. The largest absolute Gasteiger partial charge is 0.342 e. The van der Waals surface area contributed by atoms with Crippen LogP contribution in [0, 0.1) is 5.92 Å². The van der Waals surface area contributed by atoms with E-state index in [1.807, 2.05) is 18.7 Å². The molecule has 1 N–H and O–H groups in total. The highest BCUT2D eigenvalue weighted by Crippen LogP contribution is 2.43. The van der Waals surface area contributed by atoms with Gasteiger partial charge in [0.15, 0.2) is 0 Å². The van der Waals surface area contributed by atoms with Crippen LogP contribution in [-0.4, -0.2) is 34.3 Å². The topological polar surface area (TPSA) is 49.4 Å². The molecule has 102 valence electrons. The Labute approximate surface area is 109 Å². The lowest BCUT2D eigenvalue weighted by Gasteiger charge is -2.42. The van der Waals surface area contributed by atoms with Crippen LogP contribution in [0.4, 0.5) is 0 Å². The lowest BCUT2D eigenvalue weighted by Crippen LogP contribution is -2.59. The van der Waals surface area contributed by atoms with Crippen molar-refractivity contribution >= 4 is 11.8 Å². The van der Waals surface area contributed by atoms with E-state index in [0.717, 1.165) is 0 Å². The van der Waals surface area contributed by atoms with Crippen molar-refractivity contribution in [2.24, 2.45) is 5.92 Å². The van der Waals surface area contributed by atoms with Gasteiger partial charge in [0, 0.05) is 18.5 Å². The monoisotopic (exact) mass is 252 g/mol. The molecule has 1 saturated heterocycles. The van der Waals surface area contributed by atoms with Crippen LogP contribution in [0.25, 0.3) is 0 Å². The second-order valence-electron chi connectivity index (χ2n) is 6.37. The highest BCUT2D eigenvalue weighted by atomic mass is 16.2. The van der Waals surface area contributed by atoms with Crippen molar-refractivity contribution in [1.29, 1.82) is 0 Å². The number of carbonyl (C=O) groups is 2. The molecule has 2 amide bonds. The van der Waals surface area contributed by atoms with Crippen molar-refractivity contribution in [3.05, 3.63) is 0 Å². The summed E-state index contributed by atoms with van der Waals surface area (Å²) in [6.45, 7) is 8.60. The van der Waals surface area contributed by atoms with E-state index < -0.39 is 5.54 Å². The summed E-state index contributed by atoms with van der Waals surface area (Å²) in [5.74, 6) is 0.658. The zero-order valence-corrected chi connectivity index (χ0v) is 11.9. The Morgan fingerprint density at radius 3 is 2.50 bits per heavy atom. The first-order valence-electron chi connectivity index (χ1n) is 6.94. The third-order valence-electron chi connectivity index (χ3n) is 4.67. The van der Waals surface area contributed by atoms with E-state index in [4.69, 9.17) is 0 Å². The molecule has 4 heteroatoms. The molecule has 0 spiro atoms. The van der Waals surface area contributed by atoms with Gasteiger partial charge >= 0.3 is 0 Å². The van der Waals surface area contributed by atoms with Crippen molar-refractivity contribution in [1.82, 2.24) is 10.2 Å². The number of nitrogens with zero attached hydrogens (tertiary/aromatic N) is 1. The Balaban J connectivity index is 2.29. The fourth-order valence-electron chi connectivity index (χ4n) is 2.84. The summed E-state index contributed by atoms with van der Waals surface area (Å²) >= 11 is 0. The predicted molar refractivity (Wildman–Crippen MR) is 70.0 cm³/mol. The third kappa shape index (κ3) is 2.13. The molecule has 4 nitrogen and oxygen atoms in total. The normalized spacial score (nSPS) is 30.1. The summed E-state index contributed by atoms with van der Waals surface area (Å²) in [7, 11) is 0. The number of hydrogen-bond acceptors (Lipinski definition) is 2. The number of carbonyl (C=O) groups excluding carboxylic acids is 2. The molecule has 0 bridgehead atoms. The Morgan fingerprint density at radius 2 is 2.00 bits per heavy atom. The van der Waals surface area contributed by atoms with Crippen LogP contribution in [0.5, 0.6) is 0 Å². The molecule has 1 atom stereocenters. The van der Waals surface area contributed by atoms with E-state index >= 15 is 0 Å². The number of hydrogen-bond donors (Lipinski definition) is 1. The smallest absolute Gasteiger partial charge is 0.248 e. The van der Waals surface area contributed by atoms with Gasteiger partial charge in [-0.15, -0.1) is 0 Å². The molecule has 1 saturated carbocycles. The van der Waals surface area contributed by atoms with Gasteiger partial charge in [-0.1, -0.05) is 6.92 Å². The zero-order chi connectivity index (χ0) is 13.6. The molecule has 0 radical (unpaired) electrons. The molecular weight excluding hydrogens is 228 g/mol. The van der Waals surface area contributed by atoms with Crippen LogP contribution in [0.3, 0.4) is 0 Å². The van der Waals surface area contributed by atoms with Crippen LogP contribution >= 0.6 is 0 Å². The summed E-state index contributed by atoms with van der Waals surface area (Å²) in [5.41, 5.74) is -0.862. The van der Waals surface area contributed by atoms with Crippen molar-refractivity contribution in [3.63, 3.8) is 0 Å². The van der Waals surface area contributed by atoms with Gasteiger partial charge in [-0.05, 0) is 46.0 Å². The third-order valence-corrected chi connectivity index (χ3v) is 4.67. The maximum atomic E-state index is 12.7. The highest BCUT2D eigenvalue weighted by Gasteiger charge is 2.49. The Morgan fingerprint density at radius 1 is 1.39 bits per heavy atom. The number of nitrogens with one attached hydrogen (secondary N) is 1. The standard InChI is InChI=1S/C14H24N2O2/c1-5-14(4)12(18)16(9-8-11(17)15-14)13(2,3)10-6-7-10/h10H,5-9H2,1-4H3,(H,15,17). The van der Waals surface area contributed by atoms with Crippen molar-refractivity contribution in [3.8, 4) is 0 Å². The van der Waals surface area contributed by atoms with E-state index in [1.54, 1.807) is 0 Å². The lowest BCUT2D eigenvalue weighted by molar-refractivity contribution is -0.143. The van der Waals surface area contributed by atoms with Crippen LogP contribution in [0.2, 0.25) is 0 Å². The van der Waals surface area contributed by atoms with Gasteiger partial charge in [0.1, 0.15) is 5.54 Å². The van der Waals surface area contributed by atoms with Gasteiger partial charge in [0.2, 0.25) is 11.8 Å². The summed E-state index contributed by atoms with van der Waals surface area (Å²) in [4.78, 5) is 26.4. The summed E-state index contributed by atoms with van der Waals surface area (Å²) in [6, 6.07) is 0. The molecule has 2 rings (SSSR count). The Hall–Kier alpha value is -1.06. The molecule has 1 unspecified atom stereocenters. The van der Waals surface area contributed by atoms with Crippen molar-refractivity contribution in [2.75, 3.05) is 6.54 Å². The van der Waals surface area contributed by atoms with E-state index in [2.05, 4.69) is 19.2 Å². The number of rotatable bonds is 3. The molecule has 18 heavy (non-hydrogen) atoms. The predicted octanol–water partition coefficient (Wildman–Crippen LogP) is 1.69. The molecule has 2 fully saturated rings. The van der Waals surface area contributed by atoms with E-state index in [0.29, 0.717) is 25.3 Å². The second-order valence-corrected chi connectivity index (χ2v) is 6.37. The maximum absolute atomic E-state index is 12.7. The van der Waals surface area contributed by atoms with Gasteiger partial charge in [0.05, 0.1) is 0 Å². The highest BCUT2D eigenvalue weighted by molar-refractivity contribution is 5.93. The molecule has 1 aliphatic heterocycles. The fourth-order valence-corrected chi connectivity index (χ4v) is 2.84. The second kappa shape index (κ2) is 4.25. The van der Waals surface area contributed by atoms with Crippen LogP contribution in [-0.2, 0) is 9.59 Å². The first-order valence-corrected chi connectivity index (χ1v) is 6.94. The minimum atomic E-state index is -0.736. The quantitative estimate of drug-likeness (QED) is 0.831. The van der Waals surface area contributed by atoms with Crippen LogP contribution < -0.4 is 5.32 Å². The first-order chi connectivity index (χ1) is 8.31. The average molecular weight is 252 g/mol. The summed E-state index contributed by atoms with van der Waals surface area (Å²) in [5, 5.41) is 2.89. The van der Waals surface area contributed by atoms with Crippen LogP contribution in [0.15, 0.2) is 0 Å². The van der Waals surface area contributed by atoms with Gasteiger partial charge in [-0.3, -0.25) is 9.59 Å². The minimum Gasteiger partial charge on any atom is -0.342 e.